The highest BCUT2D eigenvalue weighted by Gasteiger charge is 2.31. The van der Waals surface area contributed by atoms with Gasteiger partial charge < -0.3 is 10.2 Å². The summed E-state index contributed by atoms with van der Waals surface area (Å²) in [6, 6.07) is 0. The van der Waals surface area contributed by atoms with E-state index in [1.807, 2.05) is 11.3 Å². The van der Waals surface area contributed by atoms with Gasteiger partial charge in [-0.05, 0) is 25.8 Å². The molecular formula is C16H27N3S2. The van der Waals surface area contributed by atoms with Crippen molar-refractivity contribution in [2.45, 2.75) is 63.0 Å². The third-order valence-corrected chi connectivity index (χ3v) is 6.44. The summed E-state index contributed by atoms with van der Waals surface area (Å²) in [4.78, 5) is 9.04. The summed E-state index contributed by atoms with van der Waals surface area (Å²) in [5.74, 6) is 0.752. The first kappa shape index (κ1) is 15.6. The quantitative estimate of drug-likeness (QED) is 0.804. The zero-order valence-electron chi connectivity index (χ0n) is 13.4. The van der Waals surface area contributed by atoms with E-state index in [4.69, 9.17) is 4.98 Å². The molecule has 0 aromatic carbocycles. The van der Waals surface area contributed by atoms with Crippen LogP contribution in [0, 0.1) is 0 Å². The highest BCUT2D eigenvalue weighted by Crippen LogP contribution is 2.44. The van der Waals surface area contributed by atoms with E-state index < -0.39 is 0 Å². The fraction of sp³-hybridized carbons (Fsp3) is 0.812. The molecule has 0 amide bonds. The minimum Gasteiger partial charge on any atom is -0.346 e. The van der Waals surface area contributed by atoms with E-state index in [-0.39, 0.29) is 0 Å². The second-order valence-corrected chi connectivity index (χ2v) is 9.36. The van der Waals surface area contributed by atoms with Crippen LogP contribution in [-0.2, 0) is 6.54 Å². The van der Waals surface area contributed by atoms with Crippen LogP contribution in [0.4, 0.5) is 5.13 Å². The molecule has 21 heavy (non-hydrogen) atoms. The molecule has 2 fully saturated rings. The van der Waals surface area contributed by atoms with E-state index in [0.717, 1.165) is 32.1 Å². The van der Waals surface area contributed by atoms with Crippen molar-refractivity contribution in [2.24, 2.45) is 0 Å². The highest BCUT2D eigenvalue weighted by molar-refractivity contribution is 8.00. The van der Waals surface area contributed by atoms with E-state index in [0.29, 0.717) is 10.5 Å². The third kappa shape index (κ3) is 3.93. The Morgan fingerprint density at radius 2 is 1.95 bits per heavy atom. The molecule has 1 aliphatic carbocycles. The second kappa shape index (κ2) is 6.88. The Bertz CT molecular complexity index is 460. The molecule has 118 valence electrons. The van der Waals surface area contributed by atoms with Gasteiger partial charge >= 0.3 is 0 Å². The molecular weight excluding hydrogens is 298 g/mol. The maximum Gasteiger partial charge on any atom is 0.185 e. The molecule has 0 radical (unpaired) electrons. The first-order chi connectivity index (χ1) is 10.2. The van der Waals surface area contributed by atoms with E-state index in [9.17, 15) is 0 Å². The van der Waals surface area contributed by atoms with Crippen LogP contribution in [0.5, 0.6) is 0 Å². The Morgan fingerprint density at radius 3 is 2.57 bits per heavy atom. The van der Waals surface area contributed by atoms with Crippen LogP contribution in [0.1, 0.15) is 56.5 Å². The van der Waals surface area contributed by atoms with Gasteiger partial charge in [-0.15, -0.1) is 11.3 Å². The molecule has 1 aromatic heterocycles. The lowest BCUT2D eigenvalue weighted by Gasteiger charge is -2.34. The molecule has 0 bridgehead atoms. The molecule has 2 heterocycles. The fourth-order valence-electron chi connectivity index (χ4n) is 3.00. The molecule has 1 aliphatic heterocycles. The maximum atomic E-state index is 5.04. The van der Waals surface area contributed by atoms with Crippen molar-refractivity contribution in [3.63, 3.8) is 0 Å². The van der Waals surface area contributed by atoms with E-state index in [1.165, 1.54) is 35.0 Å². The summed E-state index contributed by atoms with van der Waals surface area (Å²) < 4.78 is 0. The molecule has 2 aliphatic rings. The van der Waals surface area contributed by atoms with Gasteiger partial charge in [-0.1, -0.05) is 20.8 Å². The Balaban J connectivity index is 1.74. The number of thioether (sulfide) groups is 1. The van der Waals surface area contributed by atoms with Crippen molar-refractivity contribution in [3.05, 3.63) is 10.6 Å². The molecule has 0 spiro atoms. The van der Waals surface area contributed by atoms with Crippen LogP contribution in [0.15, 0.2) is 0 Å². The third-order valence-electron chi connectivity index (χ3n) is 4.08. The molecule has 3 nitrogen and oxygen atoms in total. The van der Waals surface area contributed by atoms with Gasteiger partial charge in [0.25, 0.3) is 0 Å². The fourth-order valence-corrected chi connectivity index (χ4v) is 5.46. The summed E-state index contributed by atoms with van der Waals surface area (Å²) in [5, 5.41) is 6.25. The Morgan fingerprint density at radius 1 is 1.24 bits per heavy atom. The number of nitrogens with zero attached hydrogens (tertiary/aromatic N) is 2. The largest absolute Gasteiger partial charge is 0.346 e. The molecule has 3 rings (SSSR count). The average Bonchev–Trinajstić information content (AvgIpc) is 3.19. The van der Waals surface area contributed by atoms with Gasteiger partial charge in [0, 0.05) is 40.9 Å². The van der Waals surface area contributed by atoms with Crippen molar-refractivity contribution in [3.8, 4) is 0 Å². The first-order valence-electron chi connectivity index (χ1n) is 8.28. The number of nitrogens with one attached hydrogen (secondary N) is 1. The lowest BCUT2D eigenvalue weighted by molar-refractivity contribution is 0.676. The number of anilines is 1. The van der Waals surface area contributed by atoms with Gasteiger partial charge in [0.15, 0.2) is 5.13 Å². The van der Waals surface area contributed by atoms with Crippen LogP contribution in [0.2, 0.25) is 0 Å². The van der Waals surface area contributed by atoms with Gasteiger partial charge in [0.1, 0.15) is 0 Å². The molecule has 1 saturated carbocycles. The number of hydrogen-bond donors (Lipinski definition) is 1. The normalized spacial score (nSPS) is 26.3. The predicted molar refractivity (Wildman–Crippen MR) is 94.8 cm³/mol. The van der Waals surface area contributed by atoms with Gasteiger partial charge in [-0.3, -0.25) is 0 Å². The molecule has 2 unspecified atom stereocenters. The van der Waals surface area contributed by atoms with Crippen LogP contribution in [-0.4, -0.2) is 35.1 Å². The second-order valence-electron chi connectivity index (χ2n) is 6.42. The van der Waals surface area contributed by atoms with Crippen molar-refractivity contribution < 1.29 is 0 Å². The number of thiazole rings is 1. The Labute approximate surface area is 136 Å². The zero-order valence-corrected chi connectivity index (χ0v) is 15.0. The predicted octanol–water partition coefficient (Wildman–Crippen LogP) is 3.85. The van der Waals surface area contributed by atoms with Crippen molar-refractivity contribution in [2.75, 3.05) is 24.5 Å². The van der Waals surface area contributed by atoms with E-state index >= 15 is 0 Å². The van der Waals surface area contributed by atoms with Crippen molar-refractivity contribution in [1.82, 2.24) is 10.3 Å². The van der Waals surface area contributed by atoms with Gasteiger partial charge in [0.2, 0.25) is 0 Å². The smallest absolute Gasteiger partial charge is 0.185 e. The molecule has 2 atom stereocenters. The van der Waals surface area contributed by atoms with Gasteiger partial charge in [-0.25, -0.2) is 4.98 Å². The molecule has 5 heteroatoms. The van der Waals surface area contributed by atoms with E-state index in [1.54, 1.807) is 0 Å². The maximum absolute atomic E-state index is 5.04. The minimum atomic E-state index is 0.712. The van der Waals surface area contributed by atoms with Crippen molar-refractivity contribution in [1.29, 1.82) is 0 Å². The average molecular weight is 326 g/mol. The van der Waals surface area contributed by atoms with Gasteiger partial charge in [-0.2, -0.15) is 11.8 Å². The highest BCUT2D eigenvalue weighted by atomic mass is 32.2. The summed E-state index contributed by atoms with van der Waals surface area (Å²) in [5.41, 5.74) is 1.40. The van der Waals surface area contributed by atoms with Gasteiger partial charge in [0.05, 0.1) is 5.69 Å². The zero-order chi connectivity index (χ0) is 14.8. The first-order valence-corrected chi connectivity index (χ1v) is 10.0. The molecule has 1 N–H and O–H groups in total. The topological polar surface area (TPSA) is 28.2 Å². The number of hydrogen-bond acceptors (Lipinski definition) is 5. The van der Waals surface area contributed by atoms with E-state index in [2.05, 4.69) is 42.7 Å². The van der Waals surface area contributed by atoms with Crippen LogP contribution >= 0.6 is 23.1 Å². The minimum absolute atomic E-state index is 0.712. The lowest BCUT2D eigenvalue weighted by atomic mass is 10.2. The summed E-state index contributed by atoms with van der Waals surface area (Å²) in [7, 11) is 0. The summed E-state index contributed by atoms with van der Waals surface area (Å²) >= 11 is 4.04. The molecule has 1 aromatic rings. The SMILES string of the molecule is CCCNCc1sc(N2CC(C)SC(C)C2)nc1C1CC1. The van der Waals surface area contributed by atoms with Crippen molar-refractivity contribution >= 4 is 28.2 Å². The van der Waals surface area contributed by atoms with Crippen LogP contribution < -0.4 is 10.2 Å². The monoisotopic (exact) mass is 325 g/mol. The van der Waals surface area contributed by atoms with Crippen LogP contribution in [0.3, 0.4) is 0 Å². The Kier molecular flexibility index (Phi) is 5.12. The number of rotatable bonds is 6. The Hall–Kier alpha value is -0.260. The van der Waals surface area contributed by atoms with Crippen LogP contribution in [0.25, 0.3) is 0 Å². The summed E-state index contributed by atoms with van der Waals surface area (Å²) in [6.07, 6.45) is 3.88. The molecule has 1 saturated heterocycles. The summed E-state index contributed by atoms with van der Waals surface area (Å²) in [6.45, 7) is 11.3. The standard InChI is InChI=1S/C16H27N3S2/c1-4-7-17-8-14-15(13-5-6-13)18-16(21-14)19-9-11(2)20-12(3)10-19/h11-13,17H,4-10H2,1-3H3. The number of aromatic nitrogens is 1. The lowest BCUT2D eigenvalue weighted by Crippen LogP contribution is -2.40.